The first-order valence-electron chi connectivity index (χ1n) is 4.42. The molecule has 5 heteroatoms. The van der Waals surface area contributed by atoms with Crippen molar-refractivity contribution in [2.75, 3.05) is 5.88 Å². The van der Waals surface area contributed by atoms with Crippen molar-refractivity contribution in [2.45, 2.75) is 19.9 Å². The summed E-state index contributed by atoms with van der Waals surface area (Å²) in [5.74, 6) is 0.268. The molecule has 1 aromatic rings. The standard InChI is InChI=1S/C9H14ClN3O/c1-6-4-8(13(3)12-6)9(14)11-7(2)5-10/h4,7H,5H2,1-3H3,(H,11,14). The molecule has 0 fully saturated rings. The Bertz CT molecular complexity index is 335. The maximum absolute atomic E-state index is 11.6. The van der Waals surface area contributed by atoms with E-state index >= 15 is 0 Å². The molecule has 0 saturated carbocycles. The molecule has 1 aromatic heterocycles. The Hall–Kier alpha value is -1.03. The highest BCUT2D eigenvalue weighted by molar-refractivity contribution is 6.18. The highest BCUT2D eigenvalue weighted by Crippen LogP contribution is 2.02. The molecule has 78 valence electrons. The van der Waals surface area contributed by atoms with Gasteiger partial charge in [0.15, 0.2) is 0 Å². The van der Waals surface area contributed by atoms with Crippen LogP contribution in [0.5, 0.6) is 0 Å². The molecule has 1 N–H and O–H groups in total. The fourth-order valence-corrected chi connectivity index (χ4v) is 1.24. The van der Waals surface area contributed by atoms with E-state index in [1.165, 1.54) is 0 Å². The van der Waals surface area contributed by atoms with E-state index < -0.39 is 0 Å². The zero-order chi connectivity index (χ0) is 10.7. The van der Waals surface area contributed by atoms with Gasteiger partial charge in [-0.2, -0.15) is 5.10 Å². The Balaban J connectivity index is 2.74. The molecular formula is C9H14ClN3O. The largest absolute Gasteiger partial charge is 0.347 e. The van der Waals surface area contributed by atoms with E-state index in [2.05, 4.69) is 10.4 Å². The number of halogens is 1. The Kier molecular flexibility index (Phi) is 3.52. The highest BCUT2D eigenvalue weighted by atomic mass is 35.5. The van der Waals surface area contributed by atoms with Crippen molar-refractivity contribution in [3.05, 3.63) is 17.5 Å². The van der Waals surface area contributed by atoms with Crippen molar-refractivity contribution < 1.29 is 4.79 Å². The number of amides is 1. The van der Waals surface area contributed by atoms with Gasteiger partial charge in [-0.3, -0.25) is 9.48 Å². The first-order chi connectivity index (χ1) is 6.54. The van der Waals surface area contributed by atoms with Crippen LogP contribution < -0.4 is 5.32 Å². The Morgan fingerprint density at radius 3 is 2.86 bits per heavy atom. The fourth-order valence-electron chi connectivity index (χ4n) is 1.16. The fraction of sp³-hybridized carbons (Fsp3) is 0.556. The lowest BCUT2D eigenvalue weighted by molar-refractivity contribution is 0.0934. The molecule has 1 atom stereocenters. The Morgan fingerprint density at radius 2 is 2.43 bits per heavy atom. The second kappa shape index (κ2) is 4.46. The lowest BCUT2D eigenvalue weighted by atomic mass is 10.3. The number of rotatable bonds is 3. The summed E-state index contributed by atoms with van der Waals surface area (Å²) in [7, 11) is 1.74. The van der Waals surface area contributed by atoms with Gasteiger partial charge in [-0.15, -0.1) is 11.6 Å². The van der Waals surface area contributed by atoms with E-state index in [-0.39, 0.29) is 11.9 Å². The summed E-state index contributed by atoms with van der Waals surface area (Å²) in [6, 6.07) is 1.72. The number of alkyl halides is 1. The minimum absolute atomic E-state index is 0.0284. The number of hydrogen-bond donors (Lipinski definition) is 1. The molecule has 0 saturated heterocycles. The predicted octanol–water partition coefficient (Wildman–Crippen LogP) is 1.09. The van der Waals surface area contributed by atoms with Gasteiger partial charge in [0.25, 0.3) is 5.91 Å². The summed E-state index contributed by atoms with van der Waals surface area (Å²) in [5, 5.41) is 6.86. The summed E-state index contributed by atoms with van der Waals surface area (Å²) in [6.07, 6.45) is 0. The monoisotopic (exact) mass is 215 g/mol. The van der Waals surface area contributed by atoms with Crippen LogP contribution in [0.4, 0.5) is 0 Å². The molecule has 1 heterocycles. The topological polar surface area (TPSA) is 46.9 Å². The van der Waals surface area contributed by atoms with Gasteiger partial charge in [0.2, 0.25) is 0 Å². The number of aryl methyl sites for hydroxylation is 2. The van der Waals surface area contributed by atoms with Crippen molar-refractivity contribution in [1.82, 2.24) is 15.1 Å². The molecule has 1 amide bonds. The molecule has 0 aliphatic carbocycles. The third kappa shape index (κ3) is 2.48. The zero-order valence-corrected chi connectivity index (χ0v) is 9.30. The van der Waals surface area contributed by atoms with Crippen LogP contribution in [0.2, 0.25) is 0 Å². The normalized spacial score (nSPS) is 12.6. The summed E-state index contributed by atoms with van der Waals surface area (Å²) in [5.41, 5.74) is 1.38. The molecule has 1 unspecified atom stereocenters. The number of carbonyl (C=O) groups excluding carboxylic acids is 1. The molecule has 0 aromatic carbocycles. The minimum Gasteiger partial charge on any atom is -0.347 e. The second-order valence-electron chi connectivity index (χ2n) is 3.32. The van der Waals surface area contributed by atoms with Gasteiger partial charge in [-0.05, 0) is 19.9 Å². The smallest absolute Gasteiger partial charge is 0.269 e. The Morgan fingerprint density at radius 1 is 1.79 bits per heavy atom. The van der Waals surface area contributed by atoms with Gasteiger partial charge in [0, 0.05) is 19.0 Å². The number of carbonyl (C=O) groups is 1. The predicted molar refractivity (Wildman–Crippen MR) is 55.6 cm³/mol. The minimum atomic E-state index is -0.138. The molecule has 0 bridgehead atoms. The molecule has 4 nitrogen and oxygen atoms in total. The van der Waals surface area contributed by atoms with Gasteiger partial charge in [-0.1, -0.05) is 0 Å². The summed E-state index contributed by atoms with van der Waals surface area (Å²) < 4.78 is 1.56. The summed E-state index contributed by atoms with van der Waals surface area (Å²) in [6.45, 7) is 3.70. The second-order valence-corrected chi connectivity index (χ2v) is 3.63. The quantitative estimate of drug-likeness (QED) is 0.768. The van der Waals surface area contributed by atoms with Crippen LogP contribution in [0.3, 0.4) is 0 Å². The van der Waals surface area contributed by atoms with E-state index in [9.17, 15) is 4.79 Å². The Labute approximate surface area is 88.2 Å². The first kappa shape index (κ1) is 11.0. The van der Waals surface area contributed by atoms with Gasteiger partial charge in [-0.25, -0.2) is 0 Å². The number of hydrogen-bond acceptors (Lipinski definition) is 2. The maximum Gasteiger partial charge on any atom is 0.269 e. The number of aromatic nitrogens is 2. The molecular weight excluding hydrogens is 202 g/mol. The average Bonchev–Trinajstić information content (AvgIpc) is 2.45. The lowest BCUT2D eigenvalue weighted by Crippen LogP contribution is -2.34. The van der Waals surface area contributed by atoms with Crippen LogP contribution in [0, 0.1) is 6.92 Å². The van der Waals surface area contributed by atoms with Crippen LogP contribution >= 0.6 is 11.6 Å². The number of nitrogens with zero attached hydrogens (tertiary/aromatic N) is 2. The van der Waals surface area contributed by atoms with E-state index in [0.717, 1.165) is 5.69 Å². The molecule has 0 aliphatic heterocycles. The van der Waals surface area contributed by atoms with Crippen LogP contribution in [-0.2, 0) is 7.05 Å². The van der Waals surface area contributed by atoms with Crippen LogP contribution in [0.15, 0.2) is 6.07 Å². The van der Waals surface area contributed by atoms with Crippen molar-refractivity contribution in [3.63, 3.8) is 0 Å². The SMILES string of the molecule is Cc1cc(C(=O)NC(C)CCl)n(C)n1. The van der Waals surface area contributed by atoms with Crippen LogP contribution in [-0.4, -0.2) is 27.6 Å². The summed E-state index contributed by atoms with van der Waals surface area (Å²) >= 11 is 5.59. The molecule has 0 aliphatic rings. The third-order valence-electron chi connectivity index (χ3n) is 1.84. The third-order valence-corrected chi connectivity index (χ3v) is 2.31. The van der Waals surface area contributed by atoms with Crippen molar-refractivity contribution in [3.8, 4) is 0 Å². The summed E-state index contributed by atoms with van der Waals surface area (Å²) in [4.78, 5) is 11.6. The van der Waals surface area contributed by atoms with E-state index in [1.807, 2.05) is 13.8 Å². The van der Waals surface area contributed by atoms with Crippen LogP contribution in [0.1, 0.15) is 23.1 Å². The van der Waals surface area contributed by atoms with Crippen LogP contribution in [0.25, 0.3) is 0 Å². The van der Waals surface area contributed by atoms with E-state index in [0.29, 0.717) is 11.6 Å². The molecule has 0 spiro atoms. The van der Waals surface area contributed by atoms with Gasteiger partial charge >= 0.3 is 0 Å². The van der Waals surface area contributed by atoms with E-state index in [4.69, 9.17) is 11.6 Å². The highest BCUT2D eigenvalue weighted by Gasteiger charge is 2.13. The van der Waals surface area contributed by atoms with Gasteiger partial charge < -0.3 is 5.32 Å². The van der Waals surface area contributed by atoms with E-state index in [1.54, 1.807) is 17.8 Å². The maximum atomic E-state index is 11.6. The molecule has 0 radical (unpaired) electrons. The zero-order valence-electron chi connectivity index (χ0n) is 8.54. The molecule has 14 heavy (non-hydrogen) atoms. The lowest BCUT2D eigenvalue weighted by Gasteiger charge is -2.09. The average molecular weight is 216 g/mol. The van der Waals surface area contributed by atoms with Crippen molar-refractivity contribution >= 4 is 17.5 Å². The van der Waals surface area contributed by atoms with Gasteiger partial charge in [0.05, 0.1) is 5.69 Å². The van der Waals surface area contributed by atoms with Crippen molar-refractivity contribution in [2.24, 2.45) is 7.05 Å². The first-order valence-corrected chi connectivity index (χ1v) is 4.95. The van der Waals surface area contributed by atoms with Crippen molar-refractivity contribution in [1.29, 1.82) is 0 Å². The van der Waals surface area contributed by atoms with Gasteiger partial charge in [0.1, 0.15) is 5.69 Å². The number of nitrogens with one attached hydrogen (secondary N) is 1. The molecule has 1 rings (SSSR count).